The van der Waals surface area contributed by atoms with Gasteiger partial charge in [-0.3, -0.25) is 14.5 Å². The lowest BCUT2D eigenvalue weighted by molar-refractivity contribution is -0.177. The van der Waals surface area contributed by atoms with Crippen molar-refractivity contribution in [1.82, 2.24) is 9.80 Å². The number of alkyl halides is 3. The van der Waals surface area contributed by atoms with Crippen molar-refractivity contribution >= 4 is 17.8 Å². The topological polar surface area (TPSA) is 66.9 Å². The van der Waals surface area contributed by atoms with Crippen molar-refractivity contribution in [2.45, 2.75) is 50.6 Å². The predicted molar refractivity (Wildman–Crippen MR) is 92.2 cm³/mol. The number of halogens is 3. The Morgan fingerprint density at radius 2 is 1.57 bits per heavy atom. The highest BCUT2D eigenvalue weighted by molar-refractivity contribution is 5.95. The number of benzene rings is 1. The molecule has 6 nitrogen and oxygen atoms in total. The minimum atomic E-state index is -4.99. The highest BCUT2D eigenvalue weighted by atomic mass is 19.4. The Morgan fingerprint density at radius 3 is 2.21 bits per heavy atom. The fourth-order valence-electron chi connectivity index (χ4n) is 3.73. The van der Waals surface area contributed by atoms with Crippen LogP contribution in [0.1, 0.15) is 31.2 Å². The first kappa shape index (κ1) is 20.2. The molecule has 2 saturated heterocycles. The van der Waals surface area contributed by atoms with Gasteiger partial charge in [0.2, 0.25) is 5.91 Å². The van der Waals surface area contributed by atoms with Crippen molar-refractivity contribution in [3.05, 3.63) is 35.9 Å². The van der Waals surface area contributed by atoms with Gasteiger partial charge in [0.15, 0.2) is 0 Å². The first-order valence-corrected chi connectivity index (χ1v) is 9.18. The molecule has 2 heterocycles. The monoisotopic (exact) mass is 398 g/mol. The van der Waals surface area contributed by atoms with Gasteiger partial charge in [-0.2, -0.15) is 13.2 Å². The quantitative estimate of drug-likeness (QED) is 0.782. The predicted octanol–water partition coefficient (Wildman–Crippen LogP) is 2.91. The number of carbonyl (C=O) groups excluding carboxylic acids is 3. The van der Waals surface area contributed by atoms with E-state index in [4.69, 9.17) is 4.74 Å². The van der Waals surface area contributed by atoms with Crippen molar-refractivity contribution in [3.63, 3.8) is 0 Å². The lowest BCUT2D eigenvalue weighted by Gasteiger charge is -2.30. The third-order valence-electron chi connectivity index (χ3n) is 5.10. The van der Waals surface area contributed by atoms with Crippen molar-refractivity contribution in [1.29, 1.82) is 0 Å². The van der Waals surface area contributed by atoms with E-state index in [9.17, 15) is 27.6 Å². The molecule has 0 bridgehead atoms. The zero-order valence-electron chi connectivity index (χ0n) is 15.2. The fourth-order valence-corrected chi connectivity index (χ4v) is 3.73. The summed E-state index contributed by atoms with van der Waals surface area (Å²) in [6.07, 6.45) is -4.49. The summed E-state index contributed by atoms with van der Waals surface area (Å²) in [5, 5.41) is 0. The summed E-state index contributed by atoms with van der Waals surface area (Å²) in [6.45, 7) is 0.403. The minimum Gasteiger partial charge on any atom is -0.445 e. The average Bonchev–Trinajstić information content (AvgIpc) is 3.34. The number of ether oxygens (including phenoxy) is 1. The number of hydrogen-bond donors (Lipinski definition) is 0. The number of amides is 2. The maximum atomic E-state index is 12.8. The molecule has 3 rings (SSSR count). The fraction of sp³-hybridized carbons (Fsp3) is 0.526. The molecule has 28 heavy (non-hydrogen) atoms. The minimum absolute atomic E-state index is 0.0186. The molecule has 1 aromatic carbocycles. The van der Waals surface area contributed by atoms with Gasteiger partial charge >= 0.3 is 12.3 Å². The van der Waals surface area contributed by atoms with Gasteiger partial charge in [-0.15, -0.1) is 0 Å². The SMILES string of the molecule is O=C(OCc1ccccc1)N1CCCC1C(=O)N1CCCC1C(=O)C(F)(F)F. The zero-order chi connectivity index (χ0) is 20.3. The number of nitrogens with zero attached hydrogens (tertiary/aromatic N) is 2. The molecule has 0 radical (unpaired) electrons. The molecular weight excluding hydrogens is 377 g/mol. The summed E-state index contributed by atoms with van der Waals surface area (Å²) < 4.78 is 43.7. The second-order valence-corrected chi connectivity index (χ2v) is 6.94. The maximum absolute atomic E-state index is 12.8. The maximum Gasteiger partial charge on any atom is 0.452 e. The molecular formula is C19H21F3N2O4. The van der Waals surface area contributed by atoms with E-state index in [1.807, 2.05) is 6.07 Å². The van der Waals surface area contributed by atoms with Crippen LogP contribution in [-0.2, 0) is 20.9 Å². The number of carbonyl (C=O) groups is 3. The van der Waals surface area contributed by atoms with E-state index < -0.39 is 36.0 Å². The van der Waals surface area contributed by atoms with Crippen LogP contribution in [0.25, 0.3) is 0 Å². The van der Waals surface area contributed by atoms with Crippen LogP contribution in [0.5, 0.6) is 0 Å². The third-order valence-corrected chi connectivity index (χ3v) is 5.10. The van der Waals surface area contributed by atoms with E-state index in [0.717, 1.165) is 10.5 Å². The number of likely N-dealkylation sites (tertiary alicyclic amines) is 2. The Balaban J connectivity index is 1.65. The van der Waals surface area contributed by atoms with Crippen molar-refractivity contribution < 1.29 is 32.3 Å². The summed E-state index contributed by atoms with van der Waals surface area (Å²) >= 11 is 0. The van der Waals surface area contributed by atoms with Gasteiger partial charge in [-0.05, 0) is 31.2 Å². The average molecular weight is 398 g/mol. The largest absolute Gasteiger partial charge is 0.452 e. The van der Waals surface area contributed by atoms with Crippen LogP contribution in [-0.4, -0.2) is 58.9 Å². The second-order valence-electron chi connectivity index (χ2n) is 6.94. The van der Waals surface area contributed by atoms with Gasteiger partial charge in [0.05, 0.1) is 6.04 Å². The van der Waals surface area contributed by atoms with Crippen LogP contribution < -0.4 is 0 Å². The molecule has 2 unspecified atom stereocenters. The smallest absolute Gasteiger partial charge is 0.445 e. The Morgan fingerprint density at radius 1 is 0.964 bits per heavy atom. The van der Waals surface area contributed by atoms with Crippen LogP contribution in [0.4, 0.5) is 18.0 Å². The van der Waals surface area contributed by atoms with Crippen LogP contribution in [0.2, 0.25) is 0 Å². The molecule has 0 aliphatic carbocycles. The van der Waals surface area contributed by atoms with Gasteiger partial charge in [-0.25, -0.2) is 4.79 Å². The summed E-state index contributed by atoms with van der Waals surface area (Å²) in [6, 6.07) is 6.61. The lowest BCUT2D eigenvalue weighted by atomic mass is 10.1. The third kappa shape index (κ3) is 4.28. The second kappa shape index (κ2) is 8.20. The molecule has 2 fully saturated rings. The van der Waals surface area contributed by atoms with E-state index in [1.165, 1.54) is 4.90 Å². The van der Waals surface area contributed by atoms with Crippen LogP contribution >= 0.6 is 0 Å². The normalized spacial score (nSPS) is 22.4. The van der Waals surface area contributed by atoms with E-state index in [0.29, 0.717) is 19.3 Å². The Kier molecular flexibility index (Phi) is 5.90. The summed E-state index contributed by atoms with van der Waals surface area (Å²) in [5.41, 5.74) is 0.785. The first-order valence-electron chi connectivity index (χ1n) is 9.18. The van der Waals surface area contributed by atoms with Gasteiger partial charge in [-0.1, -0.05) is 30.3 Å². The van der Waals surface area contributed by atoms with Crippen molar-refractivity contribution in [2.24, 2.45) is 0 Å². The Labute approximate surface area is 160 Å². The molecule has 0 aromatic heterocycles. The number of rotatable bonds is 4. The summed E-state index contributed by atoms with van der Waals surface area (Å²) in [5.74, 6) is -2.52. The first-order chi connectivity index (χ1) is 13.3. The van der Waals surface area contributed by atoms with Gasteiger partial charge in [0.25, 0.3) is 5.78 Å². The highest BCUT2D eigenvalue weighted by Gasteiger charge is 2.50. The Bertz CT molecular complexity index is 738. The standard InChI is InChI=1S/C19H21F3N2O4/c20-19(21,22)16(25)14-8-4-10-23(14)17(26)15-9-5-11-24(15)18(27)28-12-13-6-2-1-3-7-13/h1-3,6-7,14-15H,4-5,8-12H2. The molecule has 2 aliphatic heterocycles. The van der Waals surface area contributed by atoms with Gasteiger partial charge < -0.3 is 9.64 Å². The van der Waals surface area contributed by atoms with Crippen molar-refractivity contribution in [3.8, 4) is 0 Å². The van der Waals surface area contributed by atoms with Gasteiger partial charge in [0, 0.05) is 13.1 Å². The molecule has 0 saturated carbocycles. The van der Waals surface area contributed by atoms with E-state index >= 15 is 0 Å². The molecule has 9 heteroatoms. The van der Waals surface area contributed by atoms with E-state index in [2.05, 4.69) is 0 Å². The highest BCUT2D eigenvalue weighted by Crippen LogP contribution is 2.30. The van der Waals surface area contributed by atoms with E-state index in [-0.39, 0.29) is 26.1 Å². The van der Waals surface area contributed by atoms with Gasteiger partial charge in [0.1, 0.15) is 12.6 Å². The molecule has 1 aromatic rings. The zero-order valence-corrected chi connectivity index (χ0v) is 15.2. The molecule has 152 valence electrons. The lowest BCUT2D eigenvalue weighted by Crippen LogP contribution is -2.52. The number of Topliss-reactive ketones (excluding diaryl/α,β-unsaturated/α-hetero) is 1. The number of ketones is 1. The molecule has 2 aliphatic rings. The van der Waals surface area contributed by atoms with E-state index in [1.54, 1.807) is 24.3 Å². The molecule has 2 atom stereocenters. The summed E-state index contributed by atoms with van der Waals surface area (Å²) in [7, 11) is 0. The molecule has 0 N–H and O–H groups in total. The number of hydrogen-bond acceptors (Lipinski definition) is 4. The van der Waals surface area contributed by atoms with Crippen LogP contribution in [0.15, 0.2) is 30.3 Å². The molecule has 0 spiro atoms. The molecule has 2 amide bonds. The Hall–Kier alpha value is -2.58. The van der Waals surface area contributed by atoms with Crippen LogP contribution in [0.3, 0.4) is 0 Å². The summed E-state index contributed by atoms with van der Waals surface area (Å²) in [4.78, 5) is 39.1. The van der Waals surface area contributed by atoms with Crippen LogP contribution in [0, 0.1) is 0 Å². The van der Waals surface area contributed by atoms with Crippen molar-refractivity contribution in [2.75, 3.05) is 13.1 Å².